The van der Waals surface area contributed by atoms with Crippen LogP contribution >= 0.6 is 15.9 Å². The molecule has 1 aromatic carbocycles. The minimum Gasteiger partial charge on any atom is -0.496 e. The molecular formula is C14H18BrNO3S. The van der Waals surface area contributed by atoms with Crippen molar-refractivity contribution in [1.82, 2.24) is 4.72 Å². The molecule has 20 heavy (non-hydrogen) atoms. The number of hydrogen-bond donors (Lipinski definition) is 1. The lowest BCUT2D eigenvalue weighted by atomic mass is 9.96. The lowest BCUT2D eigenvalue weighted by molar-refractivity contribution is 0.390. The van der Waals surface area contributed by atoms with Crippen LogP contribution in [-0.4, -0.2) is 21.6 Å². The van der Waals surface area contributed by atoms with Gasteiger partial charge < -0.3 is 4.74 Å². The fourth-order valence-corrected chi connectivity index (χ4v) is 5.51. The van der Waals surface area contributed by atoms with Crippen molar-refractivity contribution >= 4 is 26.0 Å². The van der Waals surface area contributed by atoms with Gasteiger partial charge in [-0.25, -0.2) is 13.1 Å². The van der Waals surface area contributed by atoms with E-state index in [-0.39, 0.29) is 10.9 Å². The normalized spacial score (nSPS) is 28.8. The predicted molar refractivity (Wildman–Crippen MR) is 80.3 cm³/mol. The molecule has 0 aromatic heterocycles. The molecule has 0 spiro atoms. The van der Waals surface area contributed by atoms with Crippen LogP contribution in [0.1, 0.15) is 25.7 Å². The van der Waals surface area contributed by atoms with Gasteiger partial charge in [0.05, 0.1) is 16.5 Å². The molecule has 1 N–H and O–H groups in total. The van der Waals surface area contributed by atoms with Crippen LogP contribution in [0, 0.1) is 11.8 Å². The Kier molecular flexibility index (Phi) is 3.81. The van der Waals surface area contributed by atoms with Gasteiger partial charge in [0, 0.05) is 6.04 Å². The van der Waals surface area contributed by atoms with Gasteiger partial charge in [-0.1, -0.05) is 6.42 Å². The number of benzene rings is 1. The van der Waals surface area contributed by atoms with Crippen LogP contribution in [0.2, 0.25) is 0 Å². The Bertz CT molecular complexity index is 617. The lowest BCUT2D eigenvalue weighted by Gasteiger charge is -2.22. The summed E-state index contributed by atoms with van der Waals surface area (Å²) in [4.78, 5) is 0.285. The molecule has 0 saturated heterocycles. The zero-order valence-corrected chi connectivity index (χ0v) is 13.7. The summed E-state index contributed by atoms with van der Waals surface area (Å²) in [5.41, 5.74) is 0. The Morgan fingerprint density at radius 3 is 2.65 bits per heavy atom. The van der Waals surface area contributed by atoms with Crippen LogP contribution < -0.4 is 9.46 Å². The van der Waals surface area contributed by atoms with Crippen LogP contribution in [0.5, 0.6) is 5.75 Å². The molecule has 0 radical (unpaired) electrons. The van der Waals surface area contributed by atoms with Crippen LogP contribution in [0.25, 0.3) is 0 Å². The number of rotatable bonds is 4. The summed E-state index contributed by atoms with van der Waals surface area (Å²) in [6.07, 6.45) is 4.59. The molecule has 0 unspecified atom stereocenters. The molecule has 4 nitrogen and oxygen atoms in total. The summed E-state index contributed by atoms with van der Waals surface area (Å²) < 4.78 is 33.5. The fraction of sp³-hybridized carbons (Fsp3) is 0.571. The summed E-state index contributed by atoms with van der Waals surface area (Å²) in [6.45, 7) is 0. The minimum absolute atomic E-state index is 0.111. The average molecular weight is 360 g/mol. The van der Waals surface area contributed by atoms with Gasteiger partial charge in [-0.3, -0.25) is 0 Å². The van der Waals surface area contributed by atoms with Gasteiger partial charge in [-0.2, -0.15) is 0 Å². The maximum absolute atomic E-state index is 12.4. The first-order valence-corrected chi connectivity index (χ1v) is 9.13. The quantitative estimate of drug-likeness (QED) is 0.898. The van der Waals surface area contributed by atoms with Gasteiger partial charge in [-0.05, 0) is 65.2 Å². The number of fused-ring (bicyclic) bond motifs is 2. The molecule has 110 valence electrons. The zero-order chi connectivity index (χ0) is 14.3. The largest absolute Gasteiger partial charge is 0.496 e. The van der Waals surface area contributed by atoms with Crippen LogP contribution in [0.15, 0.2) is 27.6 Å². The second kappa shape index (κ2) is 5.31. The predicted octanol–water partition coefficient (Wildman–Crippen LogP) is 2.92. The van der Waals surface area contributed by atoms with E-state index in [0.717, 1.165) is 18.8 Å². The standard InChI is InChI=1S/C14H18BrNO3S/c1-19-14-5-4-11(8-12(14)15)20(17,18)16-13-7-9-2-3-10(13)6-9/h4-5,8-10,13,16H,2-3,6-7H2,1H3/t9-,10-,13+/m0/s1. The highest BCUT2D eigenvalue weighted by molar-refractivity contribution is 9.10. The van der Waals surface area contributed by atoms with E-state index >= 15 is 0 Å². The molecule has 0 heterocycles. The van der Waals surface area contributed by atoms with E-state index in [1.807, 2.05) is 0 Å². The SMILES string of the molecule is COc1ccc(S(=O)(=O)N[C@@H]2C[C@H]3CC[C@H]2C3)cc1Br. The molecule has 2 fully saturated rings. The van der Waals surface area contributed by atoms with Crippen molar-refractivity contribution in [1.29, 1.82) is 0 Å². The van der Waals surface area contributed by atoms with E-state index in [1.54, 1.807) is 25.3 Å². The van der Waals surface area contributed by atoms with Gasteiger partial charge in [-0.15, -0.1) is 0 Å². The Balaban J connectivity index is 1.79. The van der Waals surface area contributed by atoms with Gasteiger partial charge >= 0.3 is 0 Å². The highest BCUT2D eigenvalue weighted by atomic mass is 79.9. The third-order valence-corrected chi connectivity index (χ3v) is 6.59. The number of halogens is 1. The molecule has 0 amide bonds. The highest BCUT2D eigenvalue weighted by Crippen LogP contribution is 2.44. The van der Waals surface area contributed by atoms with Crippen molar-refractivity contribution in [3.63, 3.8) is 0 Å². The second-order valence-electron chi connectivity index (χ2n) is 5.70. The van der Waals surface area contributed by atoms with E-state index < -0.39 is 10.0 Å². The molecule has 0 aliphatic heterocycles. The van der Waals surface area contributed by atoms with Crippen LogP contribution in [0.4, 0.5) is 0 Å². The first-order valence-electron chi connectivity index (χ1n) is 6.85. The average Bonchev–Trinajstić information content (AvgIpc) is 3.00. The number of methoxy groups -OCH3 is 1. The van der Waals surface area contributed by atoms with Crippen molar-refractivity contribution in [3.05, 3.63) is 22.7 Å². The molecule has 2 aliphatic carbocycles. The maximum atomic E-state index is 12.4. The number of hydrogen-bond acceptors (Lipinski definition) is 3. The molecule has 3 atom stereocenters. The Morgan fingerprint density at radius 1 is 1.30 bits per heavy atom. The fourth-order valence-electron chi connectivity index (χ4n) is 3.47. The topological polar surface area (TPSA) is 55.4 Å². The monoisotopic (exact) mass is 359 g/mol. The van der Waals surface area contributed by atoms with Crippen molar-refractivity contribution in [2.75, 3.05) is 7.11 Å². The molecule has 2 aliphatic rings. The summed E-state index contributed by atoms with van der Waals surface area (Å²) in [5.74, 6) is 1.87. The third-order valence-electron chi connectivity index (χ3n) is 4.48. The molecule has 6 heteroatoms. The lowest BCUT2D eigenvalue weighted by Crippen LogP contribution is -2.38. The van der Waals surface area contributed by atoms with E-state index in [1.165, 1.54) is 12.8 Å². The van der Waals surface area contributed by atoms with E-state index in [2.05, 4.69) is 20.7 Å². The molecule has 3 rings (SSSR count). The maximum Gasteiger partial charge on any atom is 0.240 e. The van der Waals surface area contributed by atoms with Gasteiger partial charge in [0.25, 0.3) is 0 Å². The summed E-state index contributed by atoms with van der Waals surface area (Å²) in [6, 6.07) is 4.95. The number of sulfonamides is 1. The minimum atomic E-state index is -3.45. The molecule has 1 aromatic rings. The van der Waals surface area contributed by atoms with E-state index in [4.69, 9.17) is 4.74 Å². The van der Waals surface area contributed by atoms with Gasteiger partial charge in [0.15, 0.2) is 0 Å². The Labute approximate surface area is 128 Å². The van der Waals surface area contributed by atoms with Crippen LogP contribution in [0.3, 0.4) is 0 Å². The van der Waals surface area contributed by atoms with Crippen molar-refractivity contribution in [3.8, 4) is 5.75 Å². The summed E-state index contributed by atoms with van der Waals surface area (Å²) in [5, 5.41) is 0. The zero-order valence-electron chi connectivity index (χ0n) is 11.3. The Morgan fingerprint density at radius 2 is 2.10 bits per heavy atom. The van der Waals surface area contributed by atoms with E-state index in [0.29, 0.717) is 16.1 Å². The molecule has 2 saturated carbocycles. The van der Waals surface area contributed by atoms with Crippen molar-refractivity contribution in [2.24, 2.45) is 11.8 Å². The van der Waals surface area contributed by atoms with Gasteiger partial charge in [0.1, 0.15) is 5.75 Å². The van der Waals surface area contributed by atoms with Gasteiger partial charge in [0.2, 0.25) is 10.0 Å². The molecule has 2 bridgehead atoms. The Hall–Kier alpha value is -0.590. The summed E-state index contributed by atoms with van der Waals surface area (Å²) in [7, 11) is -1.89. The summed E-state index contributed by atoms with van der Waals surface area (Å²) >= 11 is 3.33. The van der Waals surface area contributed by atoms with Crippen molar-refractivity contribution < 1.29 is 13.2 Å². The highest BCUT2D eigenvalue weighted by Gasteiger charge is 2.41. The molecular weight excluding hydrogens is 342 g/mol. The first-order chi connectivity index (χ1) is 9.49. The third kappa shape index (κ3) is 2.61. The first kappa shape index (κ1) is 14.4. The smallest absolute Gasteiger partial charge is 0.240 e. The number of nitrogens with one attached hydrogen (secondary N) is 1. The second-order valence-corrected chi connectivity index (χ2v) is 8.27. The van der Waals surface area contributed by atoms with Crippen LogP contribution in [-0.2, 0) is 10.0 Å². The van der Waals surface area contributed by atoms with E-state index in [9.17, 15) is 8.42 Å². The number of ether oxygens (including phenoxy) is 1. The van der Waals surface area contributed by atoms with Crippen molar-refractivity contribution in [2.45, 2.75) is 36.6 Å².